The van der Waals surface area contributed by atoms with Gasteiger partial charge in [0.25, 0.3) is 0 Å². The van der Waals surface area contributed by atoms with Crippen molar-refractivity contribution in [1.29, 1.82) is 0 Å². The van der Waals surface area contributed by atoms with Crippen molar-refractivity contribution < 1.29 is 18.0 Å². The van der Waals surface area contributed by atoms with Crippen LogP contribution in [-0.2, 0) is 18.0 Å². The van der Waals surface area contributed by atoms with Gasteiger partial charge in [0.15, 0.2) is 0 Å². The number of nitrogen functional groups attached to an aromatic ring is 1. The van der Waals surface area contributed by atoms with Gasteiger partial charge in [-0.25, -0.2) is 9.97 Å². The normalized spacial score (nSPS) is 17.7. The highest BCUT2D eigenvalue weighted by Crippen LogP contribution is 2.47. The second-order valence-corrected chi connectivity index (χ2v) is 8.42. The number of nitrogens with zero attached hydrogens (tertiary/aromatic N) is 5. The first-order chi connectivity index (χ1) is 16.1. The second kappa shape index (κ2) is 7.79. The quantitative estimate of drug-likeness (QED) is 0.468. The Kier molecular flexibility index (Phi) is 4.99. The fourth-order valence-corrected chi connectivity index (χ4v) is 4.05. The molecular weight excluding hydrogens is 447 g/mol. The van der Waals surface area contributed by atoms with Gasteiger partial charge in [-0.2, -0.15) is 18.3 Å². The third-order valence-corrected chi connectivity index (χ3v) is 5.96. The molecule has 4 heterocycles. The maximum atomic E-state index is 13.3. The van der Waals surface area contributed by atoms with E-state index in [1.165, 1.54) is 19.3 Å². The van der Waals surface area contributed by atoms with Crippen LogP contribution in [0.2, 0.25) is 0 Å². The fraction of sp³-hybridized carbons (Fsp3) is 0.261. The number of hydrogen-bond acceptors (Lipinski definition) is 6. The van der Waals surface area contributed by atoms with Crippen LogP contribution in [0.5, 0.6) is 0 Å². The summed E-state index contributed by atoms with van der Waals surface area (Å²) in [6.45, 7) is 1.30. The number of rotatable bonds is 4. The van der Waals surface area contributed by atoms with Gasteiger partial charge in [0.2, 0.25) is 5.91 Å². The molecular formula is C23H20F3N7O. The summed E-state index contributed by atoms with van der Waals surface area (Å²) in [6.07, 6.45) is 2.66. The molecule has 1 amide bonds. The second-order valence-electron chi connectivity index (χ2n) is 8.42. The monoisotopic (exact) mass is 467 g/mol. The molecule has 11 heteroatoms. The number of amides is 1. The number of hydrogen-bond donors (Lipinski definition) is 2. The van der Waals surface area contributed by atoms with Gasteiger partial charge in [0, 0.05) is 48.2 Å². The van der Waals surface area contributed by atoms with Crippen LogP contribution in [0.3, 0.4) is 0 Å². The van der Waals surface area contributed by atoms with Gasteiger partial charge in [0.05, 0.1) is 17.5 Å². The number of carbonyl (C=O) groups excluding carboxylic acids is 1. The van der Waals surface area contributed by atoms with E-state index in [9.17, 15) is 18.0 Å². The Bertz CT molecular complexity index is 1430. The molecule has 1 saturated carbocycles. The maximum Gasteiger partial charge on any atom is 0.418 e. The van der Waals surface area contributed by atoms with Crippen molar-refractivity contribution in [3.05, 3.63) is 59.8 Å². The Morgan fingerprint density at radius 3 is 2.68 bits per heavy atom. The molecule has 1 fully saturated rings. The Balaban J connectivity index is 1.42. The summed E-state index contributed by atoms with van der Waals surface area (Å²) in [7, 11) is 1.82. The van der Waals surface area contributed by atoms with E-state index in [0.717, 1.165) is 18.1 Å². The van der Waals surface area contributed by atoms with Crippen molar-refractivity contribution in [2.75, 3.05) is 11.1 Å². The summed E-state index contributed by atoms with van der Waals surface area (Å²) >= 11 is 0. The van der Waals surface area contributed by atoms with Crippen LogP contribution in [-0.4, -0.2) is 30.6 Å². The van der Waals surface area contributed by atoms with Crippen molar-refractivity contribution in [2.24, 2.45) is 13.0 Å². The number of halogens is 3. The number of nitrogens with two attached hydrogens (primary N) is 1. The van der Waals surface area contributed by atoms with Crippen molar-refractivity contribution in [1.82, 2.24) is 24.7 Å². The first-order valence-corrected chi connectivity index (χ1v) is 10.5. The lowest BCUT2D eigenvalue weighted by atomic mass is 10.1. The van der Waals surface area contributed by atoms with Crippen LogP contribution in [0.15, 0.2) is 43.0 Å². The summed E-state index contributed by atoms with van der Waals surface area (Å²) in [5.74, 6) is 0.243. The molecule has 0 bridgehead atoms. The Labute approximate surface area is 192 Å². The lowest BCUT2D eigenvalue weighted by Crippen LogP contribution is -2.15. The Hall–Kier alpha value is -4.02. The highest BCUT2D eigenvalue weighted by atomic mass is 19.4. The minimum absolute atomic E-state index is 0.117. The predicted molar refractivity (Wildman–Crippen MR) is 120 cm³/mol. The van der Waals surface area contributed by atoms with Crippen molar-refractivity contribution >= 4 is 28.3 Å². The van der Waals surface area contributed by atoms with Gasteiger partial charge in [-0.3, -0.25) is 14.5 Å². The predicted octanol–water partition coefficient (Wildman–Crippen LogP) is 4.08. The first kappa shape index (κ1) is 21.8. The van der Waals surface area contributed by atoms with Crippen molar-refractivity contribution in [3.8, 4) is 11.3 Å². The SMILES string of the molecule is Cc1ncc(-c2cc3cc(NC(=O)[C@@H]4C[C@H]4c4cnn(C)c4)ncc3c(N)n2)cc1C(F)(F)F. The third kappa shape index (κ3) is 4.04. The largest absolute Gasteiger partial charge is 0.418 e. The zero-order valence-corrected chi connectivity index (χ0v) is 18.3. The molecule has 5 rings (SSSR count). The summed E-state index contributed by atoms with van der Waals surface area (Å²) < 4.78 is 41.7. The highest BCUT2D eigenvalue weighted by Gasteiger charge is 2.44. The van der Waals surface area contributed by atoms with Gasteiger partial charge < -0.3 is 11.1 Å². The van der Waals surface area contributed by atoms with Gasteiger partial charge in [-0.05, 0) is 48.4 Å². The molecule has 174 valence electrons. The number of pyridine rings is 3. The van der Waals surface area contributed by atoms with E-state index >= 15 is 0 Å². The van der Waals surface area contributed by atoms with Crippen molar-refractivity contribution in [3.63, 3.8) is 0 Å². The van der Waals surface area contributed by atoms with E-state index in [-0.39, 0.29) is 40.5 Å². The summed E-state index contributed by atoms with van der Waals surface area (Å²) in [4.78, 5) is 25.0. The number of carbonyl (C=O) groups is 1. The van der Waals surface area contributed by atoms with Crippen LogP contribution < -0.4 is 11.1 Å². The molecule has 0 saturated heterocycles. The van der Waals surface area contributed by atoms with E-state index in [0.29, 0.717) is 16.6 Å². The molecule has 2 atom stereocenters. The average Bonchev–Trinajstić information content (AvgIpc) is 3.46. The highest BCUT2D eigenvalue weighted by molar-refractivity contribution is 5.98. The molecule has 4 aromatic heterocycles. The minimum atomic E-state index is -4.53. The molecule has 4 aromatic rings. The topological polar surface area (TPSA) is 112 Å². The standard InChI is InChI=1S/C23H20F3N7O/c1-11-18(23(24,25)26)3-13(7-28-11)19-4-12-5-20(29-9-17(12)21(27)31-19)32-22(34)16-6-15(16)14-8-30-33(2)10-14/h3-5,7-10,15-16H,6H2,1-2H3,(H2,27,31)(H,29,32,34)/t15-,16+/m0/s1. The third-order valence-electron chi connectivity index (χ3n) is 5.96. The fourth-order valence-electron chi connectivity index (χ4n) is 4.05. The zero-order chi connectivity index (χ0) is 24.2. The van der Waals surface area contributed by atoms with Gasteiger partial charge >= 0.3 is 6.18 Å². The Morgan fingerprint density at radius 1 is 1.18 bits per heavy atom. The smallest absolute Gasteiger partial charge is 0.383 e. The lowest BCUT2D eigenvalue weighted by Gasteiger charge is -2.12. The van der Waals surface area contributed by atoms with Crippen molar-refractivity contribution in [2.45, 2.75) is 25.4 Å². The van der Waals surface area contributed by atoms with E-state index in [2.05, 4.69) is 25.4 Å². The number of alkyl halides is 3. The van der Waals surface area contributed by atoms with E-state index < -0.39 is 11.7 Å². The number of anilines is 2. The molecule has 0 spiro atoms. The molecule has 3 N–H and O–H groups in total. The molecule has 34 heavy (non-hydrogen) atoms. The molecule has 0 aromatic carbocycles. The number of nitrogens with one attached hydrogen (secondary N) is 1. The first-order valence-electron chi connectivity index (χ1n) is 10.5. The number of fused-ring (bicyclic) bond motifs is 1. The van der Waals surface area contributed by atoms with Crippen LogP contribution in [0.4, 0.5) is 24.8 Å². The molecule has 8 nitrogen and oxygen atoms in total. The van der Waals surface area contributed by atoms with Gasteiger partial charge in [-0.1, -0.05) is 0 Å². The maximum absolute atomic E-state index is 13.3. The molecule has 0 unspecified atom stereocenters. The van der Waals surface area contributed by atoms with Crippen LogP contribution in [0, 0.1) is 12.8 Å². The summed E-state index contributed by atoms with van der Waals surface area (Å²) in [5.41, 5.74) is 6.54. The molecule has 1 aliphatic carbocycles. The van der Waals surface area contributed by atoms with Crippen LogP contribution >= 0.6 is 0 Å². The Morgan fingerprint density at radius 2 is 1.97 bits per heavy atom. The number of aromatic nitrogens is 5. The summed E-state index contributed by atoms with van der Waals surface area (Å²) in [5, 5.41) is 8.07. The zero-order valence-electron chi connectivity index (χ0n) is 18.3. The molecule has 0 aliphatic heterocycles. The lowest BCUT2D eigenvalue weighted by molar-refractivity contribution is -0.138. The minimum Gasteiger partial charge on any atom is -0.383 e. The van der Waals surface area contributed by atoms with E-state index in [4.69, 9.17) is 5.73 Å². The van der Waals surface area contributed by atoms with Gasteiger partial charge in [0.1, 0.15) is 11.6 Å². The molecule has 1 aliphatic rings. The molecule has 0 radical (unpaired) electrons. The van der Waals surface area contributed by atoms with E-state index in [1.807, 2.05) is 13.2 Å². The average molecular weight is 467 g/mol. The van der Waals surface area contributed by atoms with Gasteiger partial charge in [-0.15, -0.1) is 0 Å². The van der Waals surface area contributed by atoms with E-state index in [1.54, 1.807) is 23.0 Å². The number of aryl methyl sites for hydroxylation is 2. The summed E-state index contributed by atoms with van der Waals surface area (Å²) in [6, 6.07) is 4.24. The van der Waals surface area contributed by atoms with Crippen LogP contribution in [0.25, 0.3) is 22.0 Å². The van der Waals surface area contributed by atoms with Crippen LogP contribution in [0.1, 0.15) is 29.2 Å².